The van der Waals surface area contributed by atoms with Crippen LogP contribution < -0.4 is 10.5 Å². The molecule has 0 fully saturated rings. The first-order valence-corrected chi connectivity index (χ1v) is 6.89. The first kappa shape index (κ1) is 14.3. The van der Waals surface area contributed by atoms with Crippen LogP contribution in [0.2, 0.25) is 0 Å². The first-order valence-electron chi connectivity index (χ1n) is 6.89. The number of benzene rings is 1. The van der Waals surface area contributed by atoms with Crippen LogP contribution >= 0.6 is 0 Å². The van der Waals surface area contributed by atoms with Crippen molar-refractivity contribution in [2.45, 2.75) is 25.3 Å². The number of rotatable bonds is 7. The molecule has 1 aliphatic carbocycles. The summed E-state index contributed by atoms with van der Waals surface area (Å²) >= 11 is 0. The van der Waals surface area contributed by atoms with Gasteiger partial charge in [-0.25, -0.2) is 0 Å². The predicted octanol–water partition coefficient (Wildman–Crippen LogP) is 2.06. The van der Waals surface area contributed by atoms with Gasteiger partial charge in [-0.3, -0.25) is 0 Å². The monoisotopic (exact) mass is 265 g/mol. The zero-order valence-electron chi connectivity index (χ0n) is 11.6. The van der Waals surface area contributed by atoms with Crippen molar-refractivity contribution >= 4 is 0 Å². The molecule has 4 heteroatoms. The average Bonchev–Trinajstić information content (AvgIpc) is 2.43. The molecular formula is C15H23NO3. The van der Waals surface area contributed by atoms with E-state index in [1.165, 1.54) is 17.5 Å². The van der Waals surface area contributed by atoms with Gasteiger partial charge in [0.05, 0.1) is 19.8 Å². The van der Waals surface area contributed by atoms with Gasteiger partial charge in [-0.2, -0.15) is 0 Å². The number of hydrogen-bond acceptors (Lipinski definition) is 4. The summed E-state index contributed by atoms with van der Waals surface area (Å²) in [6.07, 6.45) is 3.38. The predicted molar refractivity (Wildman–Crippen MR) is 74.5 cm³/mol. The van der Waals surface area contributed by atoms with Crippen molar-refractivity contribution in [2.24, 2.45) is 5.73 Å². The second kappa shape index (κ2) is 7.48. The molecule has 0 aromatic heterocycles. The van der Waals surface area contributed by atoms with Crippen molar-refractivity contribution in [3.8, 4) is 5.75 Å². The fourth-order valence-electron chi connectivity index (χ4n) is 2.37. The number of ether oxygens (including phenoxy) is 3. The Bertz CT molecular complexity index is 395. The largest absolute Gasteiger partial charge is 0.491 e. The molecule has 106 valence electrons. The van der Waals surface area contributed by atoms with Gasteiger partial charge in [0.15, 0.2) is 0 Å². The van der Waals surface area contributed by atoms with E-state index >= 15 is 0 Å². The molecule has 0 unspecified atom stereocenters. The quantitative estimate of drug-likeness (QED) is 0.767. The minimum atomic E-state index is 0.158. The Hall–Kier alpha value is -1.10. The summed E-state index contributed by atoms with van der Waals surface area (Å²) < 4.78 is 15.9. The number of methoxy groups -OCH3 is 1. The van der Waals surface area contributed by atoms with Crippen LogP contribution in [-0.4, -0.2) is 33.5 Å². The summed E-state index contributed by atoms with van der Waals surface area (Å²) in [5.74, 6) is 0.881. The molecule has 0 heterocycles. The number of nitrogens with two attached hydrogens (primary N) is 1. The van der Waals surface area contributed by atoms with Crippen LogP contribution in [0.15, 0.2) is 18.2 Å². The summed E-state index contributed by atoms with van der Waals surface area (Å²) in [6, 6.07) is 6.39. The van der Waals surface area contributed by atoms with Crippen LogP contribution in [-0.2, 0) is 15.9 Å². The normalized spacial score (nSPS) is 18.1. The highest BCUT2D eigenvalue weighted by Crippen LogP contribution is 2.30. The standard InChI is InChI=1S/C15H23NO3/c1-17-7-8-18-9-10-19-13-6-5-12-3-2-4-15(16)14(12)11-13/h5-6,11,15H,2-4,7-10,16H2,1H3/t15-/m0/s1. The maximum Gasteiger partial charge on any atom is 0.119 e. The van der Waals surface area contributed by atoms with Crippen molar-refractivity contribution in [1.82, 2.24) is 0 Å². The lowest BCUT2D eigenvalue weighted by atomic mass is 9.88. The van der Waals surface area contributed by atoms with Crippen LogP contribution in [0, 0.1) is 0 Å². The van der Waals surface area contributed by atoms with Gasteiger partial charge in [-0.15, -0.1) is 0 Å². The molecule has 1 aliphatic rings. The van der Waals surface area contributed by atoms with Crippen molar-refractivity contribution in [3.63, 3.8) is 0 Å². The Labute approximate surface area is 114 Å². The maximum absolute atomic E-state index is 6.13. The van der Waals surface area contributed by atoms with Gasteiger partial charge in [-0.05, 0) is 42.5 Å². The number of aryl methyl sites for hydroxylation is 1. The van der Waals surface area contributed by atoms with Crippen molar-refractivity contribution in [1.29, 1.82) is 0 Å². The third-order valence-electron chi connectivity index (χ3n) is 3.41. The molecule has 1 aromatic rings. The zero-order chi connectivity index (χ0) is 13.5. The molecular weight excluding hydrogens is 242 g/mol. The highest BCUT2D eigenvalue weighted by atomic mass is 16.5. The lowest BCUT2D eigenvalue weighted by molar-refractivity contribution is 0.0544. The van der Waals surface area contributed by atoms with E-state index in [0.29, 0.717) is 26.4 Å². The van der Waals surface area contributed by atoms with E-state index in [2.05, 4.69) is 12.1 Å². The van der Waals surface area contributed by atoms with Gasteiger partial charge in [0, 0.05) is 13.2 Å². The van der Waals surface area contributed by atoms with Crippen molar-refractivity contribution in [2.75, 3.05) is 33.5 Å². The Balaban J connectivity index is 1.79. The molecule has 19 heavy (non-hydrogen) atoms. The van der Waals surface area contributed by atoms with E-state index in [0.717, 1.165) is 18.6 Å². The summed E-state index contributed by atoms with van der Waals surface area (Å²) in [6.45, 7) is 2.35. The van der Waals surface area contributed by atoms with Gasteiger partial charge >= 0.3 is 0 Å². The van der Waals surface area contributed by atoms with Crippen LogP contribution in [0.3, 0.4) is 0 Å². The fraction of sp³-hybridized carbons (Fsp3) is 0.600. The van der Waals surface area contributed by atoms with E-state index in [-0.39, 0.29) is 6.04 Å². The highest BCUT2D eigenvalue weighted by molar-refractivity contribution is 5.39. The fourth-order valence-corrected chi connectivity index (χ4v) is 2.37. The molecule has 1 aromatic carbocycles. The van der Waals surface area contributed by atoms with Gasteiger partial charge in [0.25, 0.3) is 0 Å². The Morgan fingerprint density at radius 3 is 2.89 bits per heavy atom. The molecule has 0 amide bonds. The molecule has 0 aliphatic heterocycles. The number of hydrogen-bond donors (Lipinski definition) is 1. The second-order valence-corrected chi connectivity index (χ2v) is 4.81. The van der Waals surface area contributed by atoms with E-state index in [4.69, 9.17) is 19.9 Å². The molecule has 1 atom stereocenters. The van der Waals surface area contributed by atoms with Gasteiger partial charge in [-0.1, -0.05) is 6.07 Å². The van der Waals surface area contributed by atoms with Crippen molar-refractivity contribution < 1.29 is 14.2 Å². The Morgan fingerprint density at radius 2 is 2.05 bits per heavy atom. The minimum Gasteiger partial charge on any atom is -0.491 e. The van der Waals surface area contributed by atoms with Crippen LogP contribution in [0.1, 0.15) is 30.0 Å². The van der Waals surface area contributed by atoms with Crippen molar-refractivity contribution in [3.05, 3.63) is 29.3 Å². The molecule has 4 nitrogen and oxygen atoms in total. The molecule has 2 N–H and O–H groups in total. The summed E-state index contributed by atoms with van der Waals surface area (Å²) in [4.78, 5) is 0. The SMILES string of the molecule is COCCOCCOc1ccc2c(c1)[C@@H](N)CCC2. The topological polar surface area (TPSA) is 53.7 Å². The molecule has 0 bridgehead atoms. The smallest absolute Gasteiger partial charge is 0.119 e. The molecule has 0 saturated heterocycles. The highest BCUT2D eigenvalue weighted by Gasteiger charge is 2.17. The lowest BCUT2D eigenvalue weighted by Gasteiger charge is -2.22. The van der Waals surface area contributed by atoms with Crippen LogP contribution in [0.4, 0.5) is 0 Å². The van der Waals surface area contributed by atoms with E-state index in [1.807, 2.05) is 6.07 Å². The van der Waals surface area contributed by atoms with Crippen LogP contribution in [0.25, 0.3) is 0 Å². The summed E-state index contributed by atoms with van der Waals surface area (Å²) in [7, 11) is 1.66. The Morgan fingerprint density at radius 1 is 1.21 bits per heavy atom. The zero-order valence-corrected chi connectivity index (χ0v) is 11.6. The van der Waals surface area contributed by atoms with Gasteiger partial charge < -0.3 is 19.9 Å². The third kappa shape index (κ3) is 4.20. The second-order valence-electron chi connectivity index (χ2n) is 4.81. The maximum atomic E-state index is 6.13. The van der Waals surface area contributed by atoms with E-state index in [1.54, 1.807) is 7.11 Å². The average molecular weight is 265 g/mol. The molecule has 0 radical (unpaired) electrons. The minimum absolute atomic E-state index is 0.158. The summed E-state index contributed by atoms with van der Waals surface area (Å²) in [5.41, 5.74) is 8.73. The van der Waals surface area contributed by atoms with E-state index in [9.17, 15) is 0 Å². The molecule has 0 saturated carbocycles. The van der Waals surface area contributed by atoms with E-state index < -0.39 is 0 Å². The Kier molecular flexibility index (Phi) is 5.63. The van der Waals surface area contributed by atoms with Gasteiger partial charge in [0.2, 0.25) is 0 Å². The third-order valence-corrected chi connectivity index (χ3v) is 3.41. The molecule has 2 rings (SSSR count). The van der Waals surface area contributed by atoms with Gasteiger partial charge in [0.1, 0.15) is 12.4 Å². The lowest BCUT2D eigenvalue weighted by Crippen LogP contribution is -2.17. The summed E-state index contributed by atoms with van der Waals surface area (Å²) in [5, 5.41) is 0. The van der Waals surface area contributed by atoms with Crippen LogP contribution in [0.5, 0.6) is 5.75 Å². The first-order chi connectivity index (χ1) is 9.31. The number of fused-ring (bicyclic) bond motifs is 1. The molecule has 0 spiro atoms.